The Balaban J connectivity index is 1.51. The Kier molecular flexibility index (Phi) is 5.66. The third kappa shape index (κ3) is 4.77. The molecule has 0 spiro atoms. The van der Waals surface area contributed by atoms with Crippen LogP contribution in [-0.4, -0.2) is 23.9 Å². The van der Waals surface area contributed by atoms with Crippen LogP contribution in [0.1, 0.15) is 18.4 Å². The van der Waals surface area contributed by atoms with Crippen LogP contribution >= 0.6 is 11.6 Å². The van der Waals surface area contributed by atoms with Gasteiger partial charge in [0.1, 0.15) is 11.6 Å². The maximum Gasteiger partial charge on any atom is 0.227 e. The second kappa shape index (κ2) is 7.93. The molecule has 6 heteroatoms. The third-order valence-electron chi connectivity index (χ3n) is 4.48. The average Bonchev–Trinajstić information content (AvgIpc) is 2.60. The first-order valence-corrected chi connectivity index (χ1v) is 8.62. The molecular weight excluding hydrogens is 346 g/mol. The van der Waals surface area contributed by atoms with Crippen LogP contribution in [0.15, 0.2) is 42.5 Å². The molecule has 1 amide bonds. The fraction of sp³-hybridized carbons (Fsp3) is 0.316. The van der Waals surface area contributed by atoms with Gasteiger partial charge in [0, 0.05) is 28.7 Å². The summed E-state index contributed by atoms with van der Waals surface area (Å²) in [7, 11) is 0. The molecule has 25 heavy (non-hydrogen) atoms. The monoisotopic (exact) mass is 364 g/mol. The van der Waals surface area contributed by atoms with Gasteiger partial charge in [-0.25, -0.2) is 8.78 Å². The number of halogens is 3. The van der Waals surface area contributed by atoms with E-state index in [1.807, 2.05) is 0 Å². The largest absolute Gasteiger partial charge is 0.326 e. The molecule has 0 aromatic heterocycles. The molecule has 3 nitrogen and oxygen atoms in total. The fourth-order valence-electron chi connectivity index (χ4n) is 3.02. The van der Waals surface area contributed by atoms with Crippen molar-refractivity contribution < 1.29 is 13.6 Å². The highest BCUT2D eigenvalue weighted by molar-refractivity contribution is 6.30. The van der Waals surface area contributed by atoms with Crippen LogP contribution in [-0.2, 0) is 11.3 Å². The number of hydrogen-bond acceptors (Lipinski definition) is 2. The molecule has 1 fully saturated rings. The number of carbonyl (C=O) groups excluding carboxylic acids is 1. The summed E-state index contributed by atoms with van der Waals surface area (Å²) < 4.78 is 26.8. The van der Waals surface area contributed by atoms with Crippen molar-refractivity contribution >= 4 is 23.2 Å². The summed E-state index contributed by atoms with van der Waals surface area (Å²) in [6, 6.07) is 10.4. The van der Waals surface area contributed by atoms with Crippen molar-refractivity contribution in [2.45, 2.75) is 19.4 Å². The minimum atomic E-state index is -0.333. The summed E-state index contributed by atoms with van der Waals surface area (Å²) in [6.07, 6.45) is 1.42. The molecule has 2 aromatic carbocycles. The fourth-order valence-corrected chi connectivity index (χ4v) is 3.18. The topological polar surface area (TPSA) is 32.3 Å². The molecule has 1 heterocycles. The summed E-state index contributed by atoms with van der Waals surface area (Å²) in [4.78, 5) is 14.4. The van der Waals surface area contributed by atoms with Gasteiger partial charge in [0.2, 0.25) is 5.91 Å². The van der Waals surface area contributed by atoms with Gasteiger partial charge in [0.25, 0.3) is 0 Å². The van der Waals surface area contributed by atoms with Crippen molar-refractivity contribution in [3.63, 3.8) is 0 Å². The average molecular weight is 365 g/mol. The summed E-state index contributed by atoms with van der Waals surface area (Å²) in [5.41, 5.74) is 1.20. The van der Waals surface area contributed by atoms with Gasteiger partial charge in [-0.05, 0) is 62.3 Å². The number of hydrogen-bond donors (Lipinski definition) is 1. The molecule has 0 unspecified atom stereocenters. The Morgan fingerprint density at radius 1 is 1.12 bits per heavy atom. The van der Waals surface area contributed by atoms with Gasteiger partial charge in [-0.2, -0.15) is 0 Å². The Labute approximate surface area is 150 Å². The van der Waals surface area contributed by atoms with Crippen LogP contribution in [0.5, 0.6) is 0 Å². The second-order valence-electron chi connectivity index (χ2n) is 6.28. The molecule has 0 saturated carbocycles. The zero-order valence-electron chi connectivity index (χ0n) is 13.6. The lowest BCUT2D eigenvalue weighted by atomic mass is 9.95. The first kappa shape index (κ1) is 17.8. The number of likely N-dealkylation sites (tertiary alicyclic amines) is 1. The van der Waals surface area contributed by atoms with Crippen LogP contribution in [0.2, 0.25) is 5.02 Å². The molecule has 0 atom stereocenters. The van der Waals surface area contributed by atoms with Crippen LogP contribution in [0.25, 0.3) is 0 Å². The van der Waals surface area contributed by atoms with E-state index in [9.17, 15) is 13.6 Å². The van der Waals surface area contributed by atoms with Crippen LogP contribution in [0.3, 0.4) is 0 Å². The molecule has 1 saturated heterocycles. The van der Waals surface area contributed by atoms with Gasteiger partial charge in [-0.15, -0.1) is 0 Å². The van der Waals surface area contributed by atoms with E-state index < -0.39 is 0 Å². The van der Waals surface area contributed by atoms with E-state index in [4.69, 9.17) is 11.6 Å². The Morgan fingerprint density at radius 2 is 1.80 bits per heavy atom. The maximum atomic E-state index is 13.9. The predicted molar refractivity (Wildman–Crippen MR) is 94.4 cm³/mol. The van der Waals surface area contributed by atoms with E-state index in [0.29, 0.717) is 35.7 Å². The Bertz CT molecular complexity index is 744. The van der Waals surface area contributed by atoms with Crippen molar-refractivity contribution in [3.8, 4) is 0 Å². The normalized spacial score (nSPS) is 16.0. The van der Waals surface area contributed by atoms with Gasteiger partial charge in [0.05, 0.1) is 0 Å². The molecule has 1 aliphatic heterocycles. The Hall–Kier alpha value is -1.98. The predicted octanol–water partition coefficient (Wildman–Crippen LogP) is 4.47. The highest BCUT2D eigenvalue weighted by atomic mass is 35.5. The lowest BCUT2D eigenvalue weighted by Crippen LogP contribution is -2.37. The molecule has 0 aliphatic carbocycles. The quantitative estimate of drug-likeness (QED) is 0.868. The highest BCUT2D eigenvalue weighted by Gasteiger charge is 2.25. The van der Waals surface area contributed by atoms with Crippen LogP contribution in [0.4, 0.5) is 14.5 Å². The minimum absolute atomic E-state index is 0.0519. The lowest BCUT2D eigenvalue weighted by Gasteiger charge is -2.31. The summed E-state index contributed by atoms with van der Waals surface area (Å²) in [6.45, 7) is 1.96. The van der Waals surface area contributed by atoms with E-state index in [2.05, 4.69) is 10.2 Å². The van der Waals surface area contributed by atoms with Crippen molar-refractivity contribution in [3.05, 3.63) is 64.7 Å². The summed E-state index contributed by atoms with van der Waals surface area (Å²) >= 11 is 5.77. The molecular formula is C19H19ClF2N2O. The number of rotatable bonds is 4. The molecule has 0 radical (unpaired) electrons. The van der Waals surface area contributed by atoms with Gasteiger partial charge < -0.3 is 5.32 Å². The standard InChI is InChI=1S/C19H19ClF2N2O/c20-15-2-1-14(18(22)11-15)12-24-9-7-13(8-10-24)19(25)23-17-5-3-16(21)4-6-17/h1-6,11,13H,7-10,12H2,(H,23,25). The lowest BCUT2D eigenvalue weighted by molar-refractivity contribution is -0.121. The number of piperidine rings is 1. The van der Waals surface area contributed by atoms with Crippen molar-refractivity contribution in [2.75, 3.05) is 18.4 Å². The zero-order chi connectivity index (χ0) is 17.8. The minimum Gasteiger partial charge on any atom is -0.326 e. The molecule has 3 rings (SSSR count). The van der Waals surface area contributed by atoms with Gasteiger partial charge >= 0.3 is 0 Å². The van der Waals surface area contributed by atoms with Crippen molar-refractivity contribution in [1.82, 2.24) is 4.90 Å². The van der Waals surface area contributed by atoms with E-state index in [1.54, 1.807) is 24.3 Å². The highest BCUT2D eigenvalue weighted by Crippen LogP contribution is 2.23. The first-order chi connectivity index (χ1) is 12.0. The molecule has 1 aliphatic rings. The summed E-state index contributed by atoms with van der Waals surface area (Å²) in [5.74, 6) is -0.773. The van der Waals surface area contributed by atoms with Gasteiger partial charge in [0.15, 0.2) is 0 Å². The van der Waals surface area contributed by atoms with Crippen LogP contribution in [0, 0.1) is 17.6 Å². The van der Waals surface area contributed by atoms with Crippen molar-refractivity contribution in [2.24, 2.45) is 5.92 Å². The smallest absolute Gasteiger partial charge is 0.227 e. The maximum absolute atomic E-state index is 13.9. The number of amides is 1. The van der Waals surface area contributed by atoms with E-state index in [-0.39, 0.29) is 23.5 Å². The van der Waals surface area contributed by atoms with Gasteiger partial charge in [-0.1, -0.05) is 17.7 Å². The number of anilines is 1. The molecule has 132 valence electrons. The van der Waals surface area contributed by atoms with E-state index in [1.165, 1.54) is 18.2 Å². The summed E-state index contributed by atoms with van der Waals surface area (Å²) in [5, 5.41) is 3.21. The molecule has 0 bridgehead atoms. The molecule has 1 N–H and O–H groups in total. The number of carbonyl (C=O) groups is 1. The van der Waals surface area contributed by atoms with E-state index >= 15 is 0 Å². The van der Waals surface area contributed by atoms with E-state index in [0.717, 1.165) is 13.1 Å². The zero-order valence-corrected chi connectivity index (χ0v) is 14.4. The second-order valence-corrected chi connectivity index (χ2v) is 6.72. The number of benzene rings is 2. The Morgan fingerprint density at radius 3 is 2.44 bits per heavy atom. The SMILES string of the molecule is O=C(Nc1ccc(F)cc1)C1CCN(Cc2ccc(Cl)cc2F)CC1. The molecule has 2 aromatic rings. The van der Waals surface area contributed by atoms with Crippen molar-refractivity contribution in [1.29, 1.82) is 0 Å². The number of nitrogens with one attached hydrogen (secondary N) is 1. The van der Waals surface area contributed by atoms with Gasteiger partial charge in [-0.3, -0.25) is 9.69 Å². The third-order valence-corrected chi connectivity index (χ3v) is 4.71. The van der Waals surface area contributed by atoms with Crippen LogP contribution < -0.4 is 5.32 Å². The first-order valence-electron chi connectivity index (χ1n) is 8.24. The number of nitrogens with zero attached hydrogens (tertiary/aromatic N) is 1.